The molecule has 0 saturated heterocycles. The lowest BCUT2D eigenvalue weighted by Gasteiger charge is -1.97. The van der Waals surface area contributed by atoms with E-state index in [1.54, 1.807) is 0 Å². The number of aromatic nitrogens is 4. The zero-order valence-corrected chi connectivity index (χ0v) is 14.3. The van der Waals surface area contributed by atoms with E-state index in [0.717, 1.165) is 21.4 Å². The molecular weight excluding hydrogens is 316 g/mol. The Labute approximate surface area is 144 Å². The highest BCUT2D eigenvalue weighted by Crippen LogP contribution is 2.23. The van der Waals surface area contributed by atoms with Crippen LogP contribution in [-0.4, -0.2) is 19.8 Å². The minimum absolute atomic E-state index is 0.774. The van der Waals surface area contributed by atoms with Gasteiger partial charge in [-0.3, -0.25) is 0 Å². The van der Waals surface area contributed by atoms with Crippen molar-refractivity contribution in [3.8, 4) is 11.4 Å². The second kappa shape index (κ2) is 6.02. The Bertz CT molecular complexity index is 1030. The van der Waals surface area contributed by atoms with Crippen LogP contribution in [0.15, 0.2) is 48.5 Å². The Balaban J connectivity index is 1.68. The van der Waals surface area contributed by atoms with Gasteiger partial charge in [-0.1, -0.05) is 77.1 Å². The van der Waals surface area contributed by atoms with E-state index >= 15 is 0 Å². The quantitative estimate of drug-likeness (QED) is 0.549. The van der Waals surface area contributed by atoms with Crippen LogP contribution in [0.3, 0.4) is 0 Å². The Morgan fingerprint density at radius 2 is 1.75 bits per heavy atom. The molecule has 4 nitrogen and oxygen atoms in total. The first kappa shape index (κ1) is 14.8. The molecule has 0 atom stereocenters. The smallest absolute Gasteiger partial charge is 0.182 e. The summed E-state index contributed by atoms with van der Waals surface area (Å²) in [7, 11) is 0. The predicted molar refractivity (Wildman–Crippen MR) is 98.9 cm³/mol. The summed E-state index contributed by atoms with van der Waals surface area (Å²) in [6.07, 6.45) is 4.09. The molecule has 0 radical (unpaired) electrons. The zero-order valence-electron chi connectivity index (χ0n) is 13.5. The molecule has 0 unspecified atom stereocenters. The number of fused-ring (bicyclic) bond motifs is 1. The average molecular weight is 332 g/mol. The molecular formula is C19H16N4S. The molecule has 2 aromatic carbocycles. The van der Waals surface area contributed by atoms with Crippen LogP contribution in [-0.2, 0) is 0 Å². The maximum atomic E-state index is 4.63. The van der Waals surface area contributed by atoms with Crippen molar-refractivity contribution in [1.82, 2.24) is 19.8 Å². The fourth-order valence-corrected chi connectivity index (χ4v) is 3.26. The summed E-state index contributed by atoms with van der Waals surface area (Å²) >= 11 is 1.53. The number of benzene rings is 2. The highest BCUT2D eigenvalue weighted by atomic mass is 32.1. The lowest BCUT2D eigenvalue weighted by Crippen LogP contribution is -1.90. The van der Waals surface area contributed by atoms with Crippen LogP contribution >= 0.6 is 11.3 Å². The van der Waals surface area contributed by atoms with Gasteiger partial charge in [-0.25, -0.2) is 0 Å². The van der Waals surface area contributed by atoms with Gasteiger partial charge in [0.05, 0.1) is 0 Å². The van der Waals surface area contributed by atoms with E-state index in [1.807, 2.05) is 22.7 Å². The topological polar surface area (TPSA) is 43.1 Å². The average Bonchev–Trinajstić information content (AvgIpc) is 3.14. The van der Waals surface area contributed by atoms with Crippen LogP contribution in [0.2, 0.25) is 0 Å². The number of aryl methyl sites for hydroxylation is 2. The van der Waals surface area contributed by atoms with Gasteiger partial charge < -0.3 is 0 Å². The van der Waals surface area contributed by atoms with Crippen LogP contribution in [0.4, 0.5) is 0 Å². The van der Waals surface area contributed by atoms with E-state index < -0.39 is 0 Å². The summed E-state index contributed by atoms with van der Waals surface area (Å²) in [6, 6.07) is 16.6. The molecule has 0 aliphatic rings. The largest absolute Gasteiger partial charge is 0.235 e. The normalized spacial score (nSPS) is 11.6. The van der Waals surface area contributed by atoms with Gasteiger partial charge in [-0.05, 0) is 25.5 Å². The molecule has 0 spiro atoms. The van der Waals surface area contributed by atoms with Crippen LogP contribution in [0.1, 0.15) is 21.7 Å². The Hall–Kier alpha value is -2.79. The fourth-order valence-electron chi connectivity index (χ4n) is 2.52. The van der Waals surface area contributed by atoms with Crippen molar-refractivity contribution in [3.63, 3.8) is 0 Å². The van der Waals surface area contributed by atoms with E-state index in [-0.39, 0.29) is 0 Å². The second-order valence-electron chi connectivity index (χ2n) is 5.77. The van der Waals surface area contributed by atoms with Crippen LogP contribution in [0, 0.1) is 13.8 Å². The third-order valence-electron chi connectivity index (χ3n) is 3.78. The molecule has 5 heteroatoms. The van der Waals surface area contributed by atoms with Crippen molar-refractivity contribution >= 4 is 28.4 Å². The van der Waals surface area contributed by atoms with Crippen LogP contribution in [0.25, 0.3) is 28.5 Å². The Kier molecular flexibility index (Phi) is 3.70. The summed E-state index contributed by atoms with van der Waals surface area (Å²) < 4.78 is 1.81. The molecule has 0 N–H and O–H groups in total. The molecule has 4 aromatic rings. The van der Waals surface area contributed by atoms with Crippen LogP contribution in [0.5, 0.6) is 0 Å². The van der Waals surface area contributed by atoms with Gasteiger partial charge in [-0.15, -0.1) is 10.2 Å². The summed E-state index contributed by atoms with van der Waals surface area (Å²) in [5.41, 5.74) is 4.66. The number of nitrogens with zero attached hydrogens (tertiary/aromatic N) is 4. The maximum absolute atomic E-state index is 4.63. The van der Waals surface area contributed by atoms with Gasteiger partial charge in [0.15, 0.2) is 5.82 Å². The number of rotatable bonds is 3. The monoisotopic (exact) mass is 332 g/mol. The first-order chi connectivity index (χ1) is 11.7. The predicted octanol–water partition coefficient (Wildman–Crippen LogP) is 4.64. The van der Waals surface area contributed by atoms with E-state index in [4.69, 9.17) is 0 Å². The molecule has 118 valence electrons. The van der Waals surface area contributed by atoms with Gasteiger partial charge in [0.1, 0.15) is 5.01 Å². The molecule has 0 amide bonds. The van der Waals surface area contributed by atoms with Gasteiger partial charge >= 0.3 is 0 Å². The highest BCUT2D eigenvalue weighted by Gasteiger charge is 2.12. The van der Waals surface area contributed by atoms with Gasteiger partial charge in [0.25, 0.3) is 0 Å². The summed E-state index contributed by atoms with van der Waals surface area (Å²) in [5, 5.41) is 14.0. The lowest BCUT2D eigenvalue weighted by molar-refractivity contribution is 0.959. The van der Waals surface area contributed by atoms with Crippen molar-refractivity contribution in [2.75, 3.05) is 0 Å². The molecule has 24 heavy (non-hydrogen) atoms. The van der Waals surface area contributed by atoms with E-state index in [2.05, 4.69) is 71.6 Å². The molecule has 4 rings (SSSR count). The van der Waals surface area contributed by atoms with Gasteiger partial charge in [-0.2, -0.15) is 9.61 Å². The molecule has 2 aromatic heterocycles. The first-order valence-corrected chi connectivity index (χ1v) is 8.55. The zero-order chi connectivity index (χ0) is 16.5. The van der Waals surface area contributed by atoms with Crippen molar-refractivity contribution < 1.29 is 0 Å². The van der Waals surface area contributed by atoms with Crippen LogP contribution < -0.4 is 0 Å². The van der Waals surface area contributed by atoms with Crippen molar-refractivity contribution in [1.29, 1.82) is 0 Å². The molecule has 0 saturated carbocycles. The Morgan fingerprint density at radius 1 is 0.917 bits per heavy atom. The van der Waals surface area contributed by atoms with E-state index in [1.165, 1.54) is 28.0 Å². The number of hydrogen-bond acceptors (Lipinski definition) is 4. The molecule has 0 aliphatic heterocycles. The maximum Gasteiger partial charge on any atom is 0.235 e. The van der Waals surface area contributed by atoms with Crippen molar-refractivity contribution in [3.05, 3.63) is 70.2 Å². The SMILES string of the molecule is Cc1ccc(-c2nnc3sc(/C=C/c4cccc(C)c4)nn23)cc1. The summed E-state index contributed by atoms with van der Waals surface area (Å²) in [6.45, 7) is 4.16. The molecule has 2 heterocycles. The lowest BCUT2D eigenvalue weighted by atomic mass is 10.1. The van der Waals surface area contributed by atoms with E-state index in [9.17, 15) is 0 Å². The highest BCUT2D eigenvalue weighted by molar-refractivity contribution is 7.17. The second-order valence-corrected chi connectivity index (χ2v) is 6.76. The minimum atomic E-state index is 0.774. The molecule has 0 aliphatic carbocycles. The first-order valence-electron chi connectivity index (χ1n) is 7.73. The van der Waals surface area contributed by atoms with Gasteiger partial charge in [0.2, 0.25) is 4.96 Å². The van der Waals surface area contributed by atoms with E-state index in [0.29, 0.717) is 0 Å². The molecule has 0 bridgehead atoms. The fraction of sp³-hybridized carbons (Fsp3) is 0.105. The third kappa shape index (κ3) is 2.86. The van der Waals surface area contributed by atoms with Gasteiger partial charge in [0, 0.05) is 5.56 Å². The summed E-state index contributed by atoms with van der Waals surface area (Å²) in [5.74, 6) is 0.774. The standard InChI is InChI=1S/C19H16N4S/c1-13-6-9-16(10-7-13)18-20-21-19-23(18)22-17(24-19)11-8-15-5-3-4-14(2)12-15/h3-12H,1-2H3/b11-8+. The summed E-state index contributed by atoms with van der Waals surface area (Å²) in [4.78, 5) is 0.800. The van der Waals surface area contributed by atoms with Crippen molar-refractivity contribution in [2.45, 2.75) is 13.8 Å². The molecule has 0 fully saturated rings. The number of hydrogen-bond donors (Lipinski definition) is 0. The Morgan fingerprint density at radius 3 is 2.54 bits per heavy atom. The third-order valence-corrected chi connectivity index (χ3v) is 4.64. The minimum Gasteiger partial charge on any atom is -0.182 e. The van der Waals surface area contributed by atoms with Crippen molar-refractivity contribution in [2.24, 2.45) is 0 Å².